The maximum absolute atomic E-state index is 5.85. The van der Waals surface area contributed by atoms with E-state index in [1.807, 2.05) is 24.3 Å². The lowest BCUT2D eigenvalue weighted by atomic mass is 10.1. The highest BCUT2D eigenvalue weighted by Gasteiger charge is 2.03. The Morgan fingerprint density at radius 2 is 2.14 bits per heavy atom. The third-order valence-electron chi connectivity index (χ3n) is 2.20. The molecule has 0 fully saturated rings. The monoisotopic (exact) mass is 188 g/mol. The number of rotatable bonds is 2. The van der Waals surface area contributed by atoms with Crippen LogP contribution in [-0.4, -0.2) is 12.1 Å². The Morgan fingerprint density at radius 1 is 1.29 bits per heavy atom. The van der Waals surface area contributed by atoms with Crippen molar-refractivity contribution >= 4 is 16.5 Å². The fraction of sp³-hybridized carbons (Fsp3) is 0.182. The molecule has 0 aliphatic rings. The molecule has 1 aromatic heterocycles. The highest BCUT2D eigenvalue weighted by Crippen LogP contribution is 2.22. The molecule has 0 radical (unpaired) electrons. The van der Waals surface area contributed by atoms with E-state index in [2.05, 4.69) is 4.98 Å². The number of nitrogens with two attached hydrogens (primary N) is 1. The SMILES string of the molecule is COCc1nccc2c(N)cccc12. The lowest BCUT2D eigenvalue weighted by Gasteiger charge is -2.05. The van der Waals surface area contributed by atoms with E-state index in [0.29, 0.717) is 6.61 Å². The van der Waals surface area contributed by atoms with Gasteiger partial charge >= 0.3 is 0 Å². The zero-order valence-corrected chi connectivity index (χ0v) is 8.03. The molecule has 0 aliphatic carbocycles. The van der Waals surface area contributed by atoms with Crippen LogP contribution in [0, 0.1) is 0 Å². The first-order valence-electron chi connectivity index (χ1n) is 4.44. The van der Waals surface area contributed by atoms with Crippen molar-refractivity contribution in [3.8, 4) is 0 Å². The van der Waals surface area contributed by atoms with Crippen LogP contribution in [-0.2, 0) is 11.3 Å². The second-order valence-corrected chi connectivity index (χ2v) is 3.13. The molecule has 1 aromatic carbocycles. The van der Waals surface area contributed by atoms with E-state index >= 15 is 0 Å². The Labute approximate surface area is 82.5 Å². The van der Waals surface area contributed by atoms with Gasteiger partial charge in [-0.2, -0.15) is 0 Å². The predicted molar refractivity (Wildman–Crippen MR) is 56.9 cm³/mol. The van der Waals surface area contributed by atoms with Crippen LogP contribution in [0.25, 0.3) is 10.8 Å². The fourth-order valence-corrected chi connectivity index (χ4v) is 1.54. The Balaban J connectivity index is 2.68. The molecule has 0 saturated carbocycles. The zero-order chi connectivity index (χ0) is 9.97. The second-order valence-electron chi connectivity index (χ2n) is 3.13. The number of hydrogen-bond donors (Lipinski definition) is 1. The quantitative estimate of drug-likeness (QED) is 0.733. The van der Waals surface area contributed by atoms with Crippen LogP contribution in [0.2, 0.25) is 0 Å². The minimum Gasteiger partial charge on any atom is -0.398 e. The van der Waals surface area contributed by atoms with Crippen molar-refractivity contribution in [1.29, 1.82) is 0 Å². The van der Waals surface area contributed by atoms with Gasteiger partial charge in [0.15, 0.2) is 0 Å². The number of nitrogen functional groups attached to an aromatic ring is 1. The molecule has 2 N–H and O–H groups in total. The lowest BCUT2D eigenvalue weighted by Crippen LogP contribution is -1.95. The molecule has 14 heavy (non-hydrogen) atoms. The summed E-state index contributed by atoms with van der Waals surface area (Å²) in [6.07, 6.45) is 1.76. The Hall–Kier alpha value is -1.61. The fourth-order valence-electron chi connectivity index (χ4n) is 1.54. The summed E-state index contributed by atoms with van der Waals surface area (Å²) >= 11 is 0. The van der Waals surface area contributed by atoms with Gasteiger partial charge in [0, 0.05) is 29.8 Å². The summed E-state index contributed by atoms with van der Waals surface area (Å²) in [4.78, 5) is 4.26. The summed E-state index contributed by atoms with van der Waals surface area (Å²) < 4.78 is 5.07. The highest BCUT2D eigenvalue weighted by atomic mass is 16.5. The topological polar surface area (TPSA) is 48.1 Å². The number of ether oxygens (including phenoxy) is 1. The molecule has 0 aliphatic heterocycles. The van der Waals surface area contributed by atoms with Gasteiger partial charge in [0.05, 0.1) is 12.3 Å². The van der Waals surface area contributed by atoms with Crippen LogP contribution in [0.15, 0.2) is 30.5 Å². The van der Waals surface area contributed by atoms with Gasteiger partial charge < -0.3 is 10.5 Å². The average molecular weight is 188 g/mol. The minimum absolute atomic E-state index is 0.515. The third-order valence-corrected chi connectivity index (χ3v) is 2.20. The molecule has 0 atom stereocenters. The second kappa shape index (κ2) is 3.64. The van der Waals surface area contributed by atoms with E-state index in [4.69, 9.17) is 10.5 Å². The van der Waals surface area contributed by atoms with E-state index < -0.39 is 0 Å². The van der Waals surface area contributed by atoms with Gasteiger partial charge in [-0.1, -0.05) is 12.1 Å². The molecular weight excluding hydrogens is 176 g/mol. The maximum atomic E-state index is 5.85. The van der Waals surface area contributed by atoms with Gasteiger partial charge in [-0.25, -0.2) is 0 Å². The van der Waals surface area contributed by atoms with Gasteiger partial charge in [-0.15, -0.1) is 0 Å². The van der Waals surface area contributed by atoms with Crippen LogP contribution in [0.5, 0.6) is 0 Å². The molecule has 0 bridgehead atoms. The third kappa shape index (κ3) is 1.42. The van der Waals surface area contributed by atoms with Crippen LogP contribution >= 0.6 is 0 Å². The molecule has 3 nitrogen and oxygen atoms in total. The number of benzene rings is 1. The van der Waals surface area contributed by atoms with Crippen molar-refractivity contribution < 1.29 is 4.74 Å². The van der Waals surface area contributed by atoms with Crippen LogP contribution < -0.4 is 5.73 Å². The van der Waals surface area contributed by atoms with E-state index in [-0.39, 0.29) is 0 Å². The number of hydrogen-bond acceptors (Lipinski definition) is 3. The molecule has 2 aromatic rings. The molecule has 2 rings (SSSR count). The molecule has 0 saturated heterocycles. The van der Waals surface area contributed by atoms with Crippen molar-refractivity contribution in [2.75, 3.05) is 12.8 Å². The van der Waals surface area contributed by atoms with E-state index in [1.54, 1.807) is 13.3 Å². The highest BCUT2D eigenvalue weighted by molar-refractivity contribution is 5.93. The largest absolute Gasteiger partial charge is 0.398 e. The van der Waals surface area contributed by atoms with Gasteiger partial charge in [-0.3, -0.25) is 4.98 Å². The molecule has 1 heterocycles. The first-order chi connectivity index (χ1) is 6.83. The van der Waals surface area contributed by atoms with Crippen molar-refractivity contribution in [2.24, 2.45) is 0 Å². The maximum Gasteiger partial charge on any atom is 0.0890 e. The molecule has 3 heteroatoms. The summed E-state index contributed by atoms with van der Waals surface area (Å²) in [6, 6.07) is 7.74. The number of pyridine rings is 1. The average Bonchev–Trinajstić information content (AvgIpc) is 2.20. The van der Waals surface area contributed by atoms with Gasteiger partial charge in [0.25, 0.3) is 0 Å². The summed E-state index contributed by atoms with van der Waals surface area (Å²) in [7, 11) is 1.66. The summed E-state index contributed by atoms with van der Waals surface area (Å²) in [6.45, 7) is 0.515. The minimum atomic E-state index is 0.515. The summed E-state index contributed by atoms with van der Waals surface area (Å²) in [5, 5.41) is 2.10. The Kier molecular flexibility index (Phi) is 2.33. The number of methoxy groups -OCH3 is 1. The first kappa shape index (κ1) is 8.97. The standard InChI is InChI=1S/C11H12N2O/c1-14-7-11-9-3-2-4-10(12)8(9)5-6-13-11/h2-6H,7,12H2,1H3. The van der Waals surface area contributed by atoms with Crippen molar-refractivity contribution in [3.63, 3.8) is 0 Å². The van der Waals surface area contributed by atoms with Gasteiger partial charge in [0.1, 0.15) is 0 Å². The Morgan fingerprint density at radius 3 is 2.93 bits per heavy atom. The molecule has 0 amide bonds. The zero-order valence-electron chi connectivity index (χ0n) is 8.03. The number of aromatic nitrogens is 1. The van der Waals surface area contributed by atoms with E-state index in [0.717, 1.165) is 22.2 Å². The van der Waals surface area contributed by atoms with Gasteiger partial charge in [0.2, 0.25) is 0 Å². The predicted octanol–water partition coefficient (Wildman–Crippen LogP) is 1.96. The Bertz CT molecular complexity index is 454. The number of nitrogens with zero attached hydrogens (tertiary/aromatic N) is 1. The summed E-state index contributed by atoms with van der Waals surface area (Å²) in [5.74, 6) is 0. The van der Waals surface area contributed by atoms with Crippen LogP contribution in [0.4, 0.5) is 5.69 Å². The summed E-state index contributed by atoms with van der Waals surface area (Å²) in [5.41, 5.74) is 7.56. The van der Waals surface area contributed by atoms with Crippen LogP contribution in [0.3, 0.4) is 0 Å². The van der Waals surface area contributed by atoms with Crippen molar-refractivity contribution in [3.05, 3.63) is 36.2 Å². The first-order valence-corrected chi connectivity index (χ1v) is 4.44. The molecule has 72 valence electrons. The van der Waals surface area contributed by atoms with Crippen molar-refractivity contribution in [2.45, 2.75) is 6.61 Å². The molecular formula is C11H12N2O. The van der Waals surface area contributed by atoms with Crippen molar-refractivity contribution in [1.82, 2.24) is 4.98 Å². The van der Waals surface area contributed by atoms with Gasteiger partial charge in [-0.05, 0) is 12.1 Å². The molecule has 0 spiro atoms. The van der Waals surface area contributed by atoms with E-state index in [9.17, 15) is 0 Å². The van der Waals surface area contributed by atoms with E-state index in [1.165, 1.54) is 0 Å². The number of fused-ring (bicyclic) bond motifs is 1. The number of anilines is 1. The lowest BCUT2D eigenvalue weighted by molar-refractivity contribution is 0.182. The molecule has 0 unspecified atom stereocenters. The van der Waals surface area contributed by atoms with Crippen LogP contribution in [0.1, 0.15) is 5.69 Å². The smallest absolute Gasteiger partial charge is 0.0890 e. The normalized spacial score (nSPS) is 10.6.